The first-order valence-electron chi connectivity index (χ1n) is 8.27. The molecule has 1 aliphatic heterocycles. The van der Waals surface area contributed by atoms with Gasteiger partial charge in [-0.3, -0.25) is 0 Å². The van der Waals surface area contributed by atoms with E-state index in [9.17, 15) is 4.79 Å². The molecule has 0 radical (unpaired) electrons. The van der Waals surface area contributed by atoms with Crippen molar-refractivity contribution < 1.29 is 4.79 Å². The Hall–Kier alpha value is -1.91. The van der Waals surface area contributed by atoms with Crippen LogP contribution in [0, 0.1) is 13.8 Å². The van der Waals surface area contributed by atoms with E-state index in [4.69, 9.17) is 23.2 Å². The van der Waals surface area contributed by atoms with Crippen LogP contribution >= 0.6 is 23.2 Å². The van der Waals surface area contributed by atoms with Crippen molar-refractivity contribution in [1.82, 2.24) is 4.90 Å². The van der Waals surface area contributed by atoms with E-state index in [1.807, 2.05) is 4.90 Å². The fourth-order valence-electron chi connectivity index (χ4n) is 2.99. The topological polar surface area (TPSA) is 35.6 Å². The zero-order chi connectivity index (χ0) is 18.0. The van der Waals surface area contributed by atoms with Gasteiger partial charge in [0.1, 0.15) is 0 Å². The standard InChI is InChI=1S/C19H21Cl2N3O/c1-13-3-4-14(2)18(11-13)23-7-9-24(10-8-23)19(25)22-15-5-6-16(20)17(21)12-15/h3-6,11-12H,7-10H2,1-2H3,(H,22,25). The van der Waals surface area contributed by atoms with Gasteiger partial charge in [-0.05, 0) is 49.2 Å². The van der Waals surface area contributed by atoms with Crippen molar-refractivity contribution in [3.05, 3.63) is 57.6 Å². The van der Waals surface area contributed by atoms with E-state index < -0.39 is 0 Å². The molecule has 2 aromatic carbocycles. The minimum Gasteiger partial charge on any atom is -0.368 e. The second-order valence-electron chi connectivity index (χ2n) is 6.32. The van der Waals surface area contributed by atoms with E-state index in [1.165, 1.54) is 16.8 Å². The minimum atomic E-state index is -0.112. The van der Waals surface area contributed by atoms with Crippen molar-refractivity contribution >= 4 is 40.6 Å². The number of amides is 2. The van der Waals surface area contributed by atoms with E-state index in [2.05, 4.69) is 42.3 Å². The second kappa shape index (κ2) is 7.54. The van der Waals surface area contributed by atoms with Crippen molar-refractivity contribution in [2.75, 3.05) is 36.4 Å². The van der Waals surface area contributed by atoms with Crippen LogP contribution in [0.2, 0.25) is 10.0 Å². The van der Waals surface area contributed by atoms with Gasteiger partial charge in [-0.2, -0.15) is 0 Å². The quantitative estimate of drug-likeness (QED) is 0.801. The molecule has 0 unspecified atom stereocenters. The smallest absolute Gasteiger partial charge is 0.321 e. The third kappa shape index (κ3) is 4.20. The molecule has 132 valence electrons. The highest BCUT2D eigenvalue weighted by atomic mass is 35.5. The van der Waals surface area contributed by atoms with Gasteiger partial charge in [0.05, 0.1) is 10.0 Å². The van der Waals surface area contributed by atoms with Crippen LogP contribution in [0.3, 0.4) is 0 Å². The molecule has 0 saturated carbocycles. The number of anilines is 2. The Balaban J connectivity index is 1.60. The number of piperazine rings is 1. The molecule has 4 nitrogen and oxygen atoms in total. The van der Waals surface area contributed by atoms with Gasteiger partial charge in [0.15, 0.2) is 0 Å². The Morgan fingerprint density at radius 1 is 0.960 bits per heavy atom. The highest BCUT2D eigenvalue weighted by Gasteiger charge is 2.22. The molecular weight excluding hydrogens is 357 g/mol. The summed E-state index contributed by atoms with van der Waals surface area (Å²) < 4.78 is 0. The molecule has 1 heterocycles. The third-order valence-corrected chi connectivity index (χ3v) is 5.18. The van der Waals surface area contributed by atoms with Crippen LogP contribution in [0.15, 0.2) is 36.4 Å². The predicted molar refractivity (Wildman–Crippen MR) is 105 cm³/mol. The summed E-state index contributed by atoms with van der Waals surface area (Å²) in [4.78, 5) is 16.6. The average molecular weight is 378 g/mol. The van der Waals surface area contributed by atoms with Crippen LogP contribution < -0.4 is 10.2 Å². The summed E-state index contributed by atoms with van der Waals surface area (Å²) in [5, 5.41) is 3.78. The fraction of sp³-hybridized carbons (Fsp3) is 0.316. The first kappa shape index (κ1) is 17.9. The summed E-state index contributed by atoms with van der Waals surface area (Å²) >= 11 is 11.9. The van der Waals surface area contributed by atoms with Gasteiger partial charge in [0.25, 0.3) is 0 Å². The molecule has 0 atom stereocenters. The highest BCUT2D eigenvalue weighted by Crippen LogP contribution is 2.26. The second-order valence-corrected chi connectivity index (χ2v) is 7.14. The van der Waals surface area contributed by atoms with Crippen LogP contribution in [0.25, 0.3) is 0 Å². The van der Waals surface area contributed by atoms with Crippen molar-refractivity contribution in [3.8, 4) is 0 Å². The van der Waals surface area contributed by atoms with Crippen molar-refractivity contribution in [3.63, 3.8) is 0 Å². The molecule has 0 spiro atoms. The normalized spacial score (nSPS) is 14.6. The fourth-order valence-corrected chi connectivity index (χ4v) is 3.29. The number of nitrogens with zero attached hydrogens (tertiary/aromatic N) is 2. The van der Waals surface area contributed by atoms with Crippen LogP contribution in [-0.4, -0.2) is 37.1 Å². The first-order chi connectivity index (χ1) is 11.9. The van der Waals surface area contributed by atoms with Gasteiger partial charge in [0, 0.05) is 37.6 Å². The number of hydrogen-bond acceptors (Lipinski definition) is 2. The molecule has 6 heteroatoms. The number of carbonyl (C=O) groups is 1. The van der Waals surface area contributed by atoms with Gasteiger partial charge < -0.3 is 15.1 Å². The first-order valence-corrected chi connectivity index (χ1v) is 9.03. The molecule has 1 N–H and O–H groups in total. The van der Waals surface area contributed by atoms with Crippen LogP contribution in [0.5, 0.6) is 0 Å². The lowest BCUT2D eigenvalue weighted by Gasteiger charge is -2.36. The lowest BCUT2D eigenvalue weighted by atomic mass is 10.1. The number of benzene rings is 2. The Kier molecular flexibility index (Phi) is 5.40. The monoisotopic (exact) mass is 377 g/mol. The molecule has 0 bridgehead atoms. The number of nitrogens with one attached hydrogen (secondary N) is 1. The van der Waals surface area contributed by atoms with Crippen molar-refractivity contribution in [2.45, 2.75) is 13.8 Å². The molecule has 0 aliphatic carbocycles. The molecule has 2 aromatic rings. The number of aryl methyl sites for hydroxylation is 2. The third-order valence-electron chi connectivity index (χ3n) is 4.44. The van der Waals surface area contributed by atoms with Crippen molar-refractivity contribution in [2.24, 2.45) is 0 Å². The van der Waals surface area contributed by atoms with E-state index in [-0.39, 0.29) is 6.03 Å². The van der Waals surface area contributed by atoms with Crippen LogP contribution in [0.4, 0.5) is 16.2 Å². The van der Waals surface area contributed by atoms with Gasteiger partial charge >= 0.3 is 6.03 Å². The molecule has 3 rings (SSSR count). The lowest BCUT2D eigenvalue weighted by molar-refractivity contribution is 0.208. The van der Waals surface area contributed by atoms with Crippen molar-refractivity contribution in [1.29, 1.82) is 0 Å². The zero-order valence-corrected chi connectivity index (χ0v) is 15.9. The SMILES string of the molecule is Cc1ccc(C)c(N2CCN(C(=O)Nc3ccc(Cl)c(Cl)c3)CC2)c1. The van der Waals surface area contributed by atoms with Gasteiger partial charge in [-0.25, -0.2) is 4.79 Å². The van der Waals surface area contributed by atoms with E-state index in [0.717, 1.165) is 13.1 Å². The lowest BCUT2D eigenvalue weighted by Crippen LogP contribution is -2.50. The number of hydrogen-bond donors (Lipinski definition) is 1. The van der Waals surface area contributed by atoms with E-state index in [1.54, 1.807) is 18.2 Å². The minimum absolute atomic E-state index is 0.112. The van der Waals surface area contributed by atoms with E-state index >= 15 is 0 Å². The molecule has 1 aliphatic rings. The molecule has 25 heavy (non-hydrogen) atoms. The summed E-state index contributed by atoms with van der Waals surface area (Å²) in [7, 11) is 0. The molecule has 1 saturated heterocycles. The number of halogens is 2. The van der Waals surface area contributed by atoms with Crippen LogP contribution in [0.1, 0.15) is 11.1 Å². The van der Waals surface area contributed by atoms with Gasteiger partial charge in [-0.1, -0.05) is 35.3 Å². The van der Waals surface area contributed by atoms with Gasteiger partial charge in [0.2, 0.25) is 0 Å². The number of carbonyl (C=O) groups excluding carboxylic acids is 1. The summed E-state index contributed by atoms with van der Waals surface area (Å²) in [6.45, 7) is 7.22. The van der Waals surface area contributed by atoms with Gasteiger partial charge in [-0.15, -0.1) is 0 Å². The Bertz CT molecular complexity index is 786. The maximum Gasteiger partial charge on any atom is 0.321 e. The largest absolute Gasteiger partial charge is 0.368 e. The maximum absolute atomic E-state index is 12.4. The predicted octanol–water partition coefficient (Wildman–Crippen LogP) is 4.96. The molecular formula is C19H21Cl2N3O. The Labute approximate surface area is 158 Å². The summed E-state index contributed by atoms with van der Waals surface area (Å²) in [6.07, 6.45) is 0. The summed E-state index contributed by atoms with van der Waals surface area (Å²) in [6, 6.07) is 11.5. The average Bonchev–Trinajstić information content (AvgIpc) is 2.60. The molecule has 2 amide bonds. The molecule has 0 aromatic heterocycles. The highest BCUT2D eigenvalue weighted by molar-refractivity contribution is 6.42. The Morgan fingerprint density at radius 2 is 1.68 bits per heavy atom. The summed E-state index contributed by atoms with van der Waals surface area (Å²) in [5.41, 5.74) is 4.42. The van der Waals surface area contributed by atoms with E-state index in [0.29, 0.717) is 28.8 Å². The number of rotatable bonds is 2. The molecule has 1 fully saturated rings. The summed E-state index contributed by atoms with van der Waals surface area (Å²) in [5.74, 6) is 0. The maximum atomic E-state index is 12.4. The zero-order valence-electron chi connectivity index (χ0n) is 14.4. The van der Waals surface area contributed by atoms with Crippen LogP contribution in [-0.2, 0) is 0 Å². The number of urea groups is 1. The Morgan fingerprint density at radius 3 is 2.36 bits per heavy atom.